The Labute approximate surface area is 192 Å². The second kappa shape index (κ2) is 11.0. The summed E-state index contributed by atoms with van der Waals surface area (Å²) in [5, 5.41) is 8.89. The van der Waals surface area contributed by atoms with Crippen molar-refractivity contribution in [1.29, 1.82) is 0 Å². The smallest absolute Gasteiger partial charge is 0.0726 e. The number of hydrazine groups is 1. The van der Waals surface area contributed by atoms with Gasteiger partial charge in [0.15, 0.2) is 0 Å². The number of allylic oxidation sites excluding steroid dienone is 3. The first-order valence-electron chi connectivity index (χ1n) is 11.9. The molecule has 0 atom stereocenters. The molecule has 0 spiro atoms. The van der Waals surface area contributed by atoms with Crippen LogP contribution in [0, 0.1) is 0 Å². The number of nitrogens with one attached hydrogen (secondary N) is 2. The number of piperidine rings is 2. The predicted octanol–water partition coefficient (Wildman–Crippen LogP) is 5.25. The molecule has 2 aliphatic rings. The quantitative estimate of drug-likeness (QED) is 0.440. The van der Waals surface area contributed by atoms with Gasteiger partial charge in [-0.3, -0.25) is 15.5 Å². The van der Waals surface area contributed by atoms with Crippen LogP contribution in [0.2, 0.25) is 0 Å². The Morgan fingerprint density at radius 2 is 1.88 bits per heavy atom. The van der Waals surface area contributed by atoms with Gasteiger partial charge >= 0.3 is 0 Å². The second-order valence-electron chi connectivity index (χ2n) is 8.59. The number of anilines is 2. The zero-order chi connectivity index (χ0) is 22.2. The first kappa shape index (κ1) is 22.2. The number of hydrogen-bond donors (Lipinski definition) is 2. The molecule has 4 rings (SSSR count). The van der Waals surface area contributed by atoms with E-state index >= 15 is 0 Å². The van der Waals surface area contributed by atoms with E-state index in [0.29, 0.717) is 0 Å². The van der Waals surface area contributed by atoms with Crippen molar-refractivity contribution in [3.63, 3.8) is 0 Å². The number of benzene rings is 1. The molecular weight excluding hydrogens is 396 g/mol. The molecule has 2 aromatic rings. The summed E-state index contributed by atoms with van der Waals surface area (Å²) in [6, 6.07) is 9.51. The lowest BCUT2D eigenvalue weighted by molar-refractivity contribution is 0.141. The third-order valence-electron chi connectivity index (χ3n) is 6.54. The van der Waals surface area contributed by atoms with E-state index in [2.05, 4.69) is 56.3 Å². The molecule has 1 aromatic carbocycles. The van der Waals surface area contributed by atoms with E-state index in [4.69, 9.17) is 0 Å². The number of aromatic nitrogens is 2. The van der Waals surface area contributed by atoms with Crippen molar-refractivity contribution in [2.24, 2.45) is 0 Å². The van der Waals surface area contributed by atoms with Gasteiger partial charge in [-0.25, -0.2) is 0 Å². The van der Waals surface area contributed by atoms with Crippen molar-refractivity contribution >= 4 is 17.1 Å². The number of nitrogens with zero attached hydrogens (tertiary/aromatic N) is 4. The molecule has 2 fully saturated rings. The lowest BCUT2D eigenvalue weighted by Crippen LogP contribution is -2.46. The van der Waals surface area contributed by atoms with Crippen molar-refractivity contribution in [2.75, 3.05) is 36.5 Å². The predicted molar refractivity (Wildman–Crippen MR) is 134 cm³/mol. The highest BCUT2D eigenvalue weighted by Gasteiger charge is 2.25. The molecular formula is C26H36N6. The third kappa shape index (κ3) is 5.43. The van der Waals surface area contributed by atoms with Crippen molar-refractivity contribution in [3.05, 3.63) is 73.2 Å². The normalized spacial score (nSPS) is 18.8. The van der Waals surface area contributed by atoms with Crippen molar-refractivity contribution in [1.82, 2.24) is 20.1 Å². The molecule has 0 amide bonds. The largest absolute Gasteiger partial charge is 0.371 e. The van der Waals surface area contributed by atoms with E-state index in [1.165, 1.54) is 50.9 Å². The highest BCUT2D eigenvalue weighted by atomic mass is 15.5. The average molecular weight is 433 g/mol. The first-order chi connectivity index (χ1) is 15.8. The molecule has 0 radical (unpaired) electrons. The summed E-state index contributed by atoms with van der Waals surface area (Å²) in [5.74, 6) is 0. The van der Waals surface area contributed by atoms with E-state index in [9.17, 15) is 0 Å². The third-order valence-corrected chi connectivity index (χ3v) is 6.54. The van der Waals surface area contributed by atoms with E-state index < -0.39 is 0 Å². The van der Waals surface area contributed by atoms with Crippen molar-refractivity contribution in [3.8, 4) is 0 Å². The molecule has 0 saturated carbocycles. The van der Waals surface area contributed by atoms with Gasteiger partial charge in [0.25, 0.3) is 0 Å². The molecule has 2 N–H and O–H groups in total. The highest BCUT2D eigenvalue weighted by molar-refractivity contribution is 5.67. The van der Waals surface area contributed by atoms with Crippen LogP contribution in [-0.4, -0.2) is 52.3 Å². The maximum absolute atomic E-state index is 4.09. The minimum Gasteiger partial charge on any atom is -0.371 e. The van der Waals surface area contributed by atoms with Gasteiger partial charge in [-0.15, -0.1) is 0 Å². The molecule has 1 aromatic heterocycles. The molecule has 3 heterocycles. The van der Waals surface area contributed by atoms with Gasteiger partial charge < -0.3 is 9.80 Å². The van der Waals surface area contributed by atoms with Gasteiger partial charge in [-0.05, 0) is 76.0 Å². The lowest BCUT2D eigenvalue weighted by Gasteiger charge is -2.41. The van der Waals surface area contributed by atoms with E-state index in [1.807, 2.05) is 42.6 Å². The average Bonchev–Trinajstić information content (AvgIpc) is 3.39. The standard InChI is InChI=1S/C26H36N6/c1-3-5-9-26(22-20-27-28-21-22)32(4-2)29-23-10-12-24(13-11-23)31-18-14-25(15-19-31)30-16-7-6-8-17-30/h3-5,9-13,20-21,25,29H,2,6-8,14-19H2,1H3,(H,27,28)/b5-3-,26-9-. The monoisotopic (exact) mass is 432 g/mol. The van der Waals surface area contributed by atoms with Crippen LogP contribution in [0.5, 0.6) is 0 Å². The number of aromatic amines is 1. The molecule has 32 heavy (non-hydrogen) atoms. The Morgan fingerprint density at radius 1 is 1.12 bits per heavy atom. The number of rotatable bonds is 8. The maximum atomic E-state index is 4.09. The number of likely N-dealkylation sites (tertiary alicyclic amines) is 1. The minimum atomic E-state index is 0.777. The summed E-state index contributed by atoms with van der Waals surface area (Å²) in [5.41, 5.74) is 7.73. The summed E-state index contributed by atoms with van der Waals surface area (Å²) in [7, 11) is 0. The van der Waals surface area contributed by atoms with Gasteiger partial charge in [0.1, 0.15) is 0 Å². The fourth-order valence-electron chi connectivity index (χ4n) is 4.76. The van der Waals surface area contributed by atoms with Crippen LogP contribution in [0.4, 0.5) is 11.4 Å². The molecule has 6 nitrogen and oxygen atoms in total. The maximum Gasteiger partial charge on any atom is 0.0726 e. The molecule has 170 valence electrons. The molecule has 6 heteroatoms. The van der Waals surface area contributed by atoms with Crippen LogP contribution >= 0.6 is 0 Å². The first-order valence-corrected chi connectivity index (χ1v) is 11.9. The Kier molecular flexibility index (Phi) is 7.67. The summed E-state index contributed by atoms with van der Waals surface area (Å²) in [6.07, 6.45) is 18.2. The van der Waals surface area contributed by atoms with E-state index in [0.717, 1.165) is 36.1 Å². The van der Waals surface area contributed by atoms with Crippen LogP contribution < -0.4 is 10.3 Å². The van der Waals surface area contributed by atoms with Gasteiger partial charge in [0.2, 0.25) is 0 Å². The van der Waals surface area contributed by atoms with Gasteiger partial charge in [-0.2, -0.15) is 5.10 Å². The van der Waals surface area contributed by atoms with Crippen molar-refractivity contribution < 1.29 is 0 Å². The highest BCUT2D eigenvalue weighted by Crippen LogP contribution is 2.27. The van der Waals surface area contributed by atoms with Crippen LogP contribution in [0.1, 0.15) is 44.6 Å². The summed E-state index contributed by atoms with van der Waals surface area (Å²) >= 11 is 0. The van der Waals surface area contributed by atoms with Crippen LogP contribution in [0.25, 0.3) is 5.70 Å². The number of H-pyrrole nitrogens is 1. The lowest BCUT2D eigenvalue weighted by atomic mass is 9.99. The van der Waals surface area contributed by atoms with Crippen LogP contribution in [-0.2, 0) is 0 Å². The van der Waals surface area contributed by atoms with Crippen molar-refractivity contribution in [2.45, 2.75) is 45.1 Å². The Hall–Kier alpha value is -2.99. The summed E-state index contributed by atoms with van der Waals surface area (Å²) in [4.78, 5) is 5.26. The SMILES string of the molecule is C=CN(Nc1ccc(N2CCC(N3CCCCC3)CC2)cc1)/C(=C\C=C/C)c1cn[nH]c1. The van der Waals surface area contributed by atoms with E-state index in [1.54, 1.807) is 6.20 Å². The molecule has 2 aliphatic heterocycles. The van der Waals surface area contributed by atoms with Crippen LogP contribution in [0.3, 0.4) is 0 Å². The Morgan fingerprint density at radius 3 is 2.50 bits per heavy atom. The van der Waals surface area contributed by atoms with Crippen LogP contribution in [0.15, 0.2) is 67.7 Å². The summed E-state index contributed by atoms with van der Waals surface area (Å²) < 4.78 is 0. The molecule has 2 saturated heterocycles. The molecule has 0 aliphatic carbocycles. The number of hydrogen-bond acceptors (Lipinski definition) is 5. The molecule has 0 unspecified atom stereocenters. The summed E-state index contributed by atoms with van der Waals surface area (Å²) in [6.45, 7) is 10.9. The second-order valence-corrected chi connectivity index (χ2v) is 8.59. The fourth-order valence-corrected chi connectivity index (χ4v) is 4.76. The zero-order valence-electron chi connectivity index (χ0n) is 19.2. The zero-order valence-corrected chi connectivity index (χ0v) is 19.2. The fraction of sp³-hybridized carbons (Fsp3) is 0.423. The minimum absolute atomic E-state index is 0.777. The topological polar surface area (TPSA) is 50.4 Å². The Balaban J connectivity index is 1.37. The van der Waals surface area contributed by atoms with Gasteiger partial charge in [0.05, 0.1) is 17.6 Å². The van der Waals surface area contributed by atoms with Gasteiger partial charge in [-0.1, -0.05) is 25.2 Å². The Bertz CT molecular complexity index is 885. The van der Waals surface area contributed by atoms with E-state index in [-0.39, 0.29) is 0 Å². The van der Waals surface area contributed by atoms with Gasteiger partial charge in [0, 0.05) is 42.8 Å². The molecule has 0 bridgehead atoms.